The van der Waals surface area contributed by atoms with Crippen LogP contribution in [-0.2, 0) is 16.9 Å². The summed E-state index contributed by atoms with van der Waals surface area (Å²) in [5.74, 6) is 0.391. The molecule has 27 heavy (non-hydrogen) atoms. The van der Waals surface area contributed by atoms with Gasteiger partial charge in [-0.3, -0.25) is 0 Å². The lowest BCUT2D eigenvalue weighted by Gasteiger charge is -2.02. The molecule has 3 rings (SSSR count). The van der Waals surface area contributed by atoms with Gasteiger partial charge in [-0.15, -0.1) is 10.2 Å². The summed E-state index contributed by atoms with van der Waals surface area (Å²) in [6, 6.07) is 6.94. The van der Waals surface area contributed by atoms with Crippen molar-refractivity contribution in [1.82, 2.24) is 25.2 Å². The van der Waals surface area contributed by atoms with E-state index in [1.807, 2.05) is 19.1 Å². The number of allylic oxidation sites excluding steroid dienone is 5. The van der Waals surface area contributed by atoms with Crippen LogP contribution < -0.4 is 0 Å². The molecule has 1 unspecified atom stereocenters. The van der Waals surface area contributed by atoms with Gasteiger partial charge in [0.15, 0.2) is 5.75 Å². The van der Waals surface area contributed by atoms with Gasteiger partial charge < -0.3 is 8.97 Å². The molecule has 7 nitrogen and oxygen atoms in total. The van der Waals surface area contributed by atoms with Crippen LogP contribution in [0.3, 0.4) is 0 Å². The zero-order valence-electron chi connectivity index (χ0n) is 14.4. The quantitative estimate of drug-likeness (QED) is 0.440. The van der Waals surface area contributed by atoms with E-state index < -0.39 is 11.2 Å². The molecule has 0 aliphatic carbocycles. The number of benzene rings is 1. The lowest BCUT2D eigenvalue weighted by atomic mass is 10.2. The molecule has 0 saturated heterocycles. The number of hydrogen-bond donors (Lipinski definition) is 0. The van der Waals surface area contributed by atoms with E-state index in [4.69, 9.17) is 16.0 Å². The van der Waals surface area contributed by atoms with Crippen molar-refractivity contribution in [2.45, 2.75) is 17.9 Å². The van der Waals surface area contributed by atoms with Crippen LogP contribution in [0.4, 0.5) is 0 Å². The number of halogens is 1. The van der Waals surface area contributed by atoms with E-state index in [2.05, 4.69) is 27.1 Å². The highest BCUT2D eigenvalue weighted by molar-refractivity contribution is 7.90. The van der Waals surface area contributed by atoms with Crippen LogP contribution in [0.25, 0.3) is 17.2 Å². The fraction of sp³-hybridized carbons (Fsp3) is 0.111. The van der Waals surface area contributed by atoms with Gasteiger partial charge in [0.05, 0.1) is 23.1 Å². The number of aromatic nitrogens is 5. The molecule has 0 spiro atoms. The summed E-state index contributed by atoms with van der Waals surface area (Å²) in [5.41, 5.74) is 2.03. The van der Waals surface area contributed by atoms with Crippen molar-refractivity contribution in [3.63, 3.8) is 0 Å². The normalized spacial score (nSPS) is 13.2. The largest absolute Gasteiger partial charge is 0.607 e. The average molecular weight is 402 g/mol. The molecule has 0 radical (unpaired) electrons. The van der Waals surface area contributed by atoms with Crippen LogP contribution in [0.15, 0.2) is 71.0 Å². The molecule has 1 atom stereocenters. The first-order valence-electron chi connectivity index (χ1n) is 7.95. The first kappa shape index (κ1) is 19.1. The van der Waals surface area contributed by atoms with Crippen LogP contribution in [-0.4, -0.2) is 29.7 Å². The van der Waals surface area contributed by atoms with Gasteiger partial charge in [0.2, 0.25) is 0 Å². The summed E-state index contributed by atoms with van der Waals surface area (Å²) in [5, 5.41) is 16.5. The summed E-state index contributed by atoms with van der Waals surface area (Å²) in [6.07, 6.45) is 8.90. The topological polar surface area (TPSA) is 92.7 Å². The molecule has 2 aromatic heterocycles. The minimum atomic E-state index is -1.54. The Labute approximate surface area is 164 Å². The molecule has 1 aromatic carbocycles. The third kappa shape index (κ3) is 4.73. The minimum Gasteiger partial charge on any atom is -0.607 e. The summed E-state index contributed by atoms with van der Waals surface area (Å²) in [4.78, 5) is 0. The highest BCUT2D eigenvalue weighted by Gasteiger charge is 2.23. The highest BCUT2D eigenvalue weighted by atomic mass is 35.5. The lowest BCUT2D eigenvalue weighted by molar-refractivity contribution is 0.439. The van der Waals surface area contributed by atoms with Crippen LogP contribution >= 0.6 is 11.6 Å². The van der Waals surface area contributed by atoms with Crippen LogP contribution in [0.1, 0.15) is 12.6 Å². The van der Waals surface area contributed by atoms with Crippen molar-refractivity contribution in [2.75, 3.05) is 0 Å². The Morgan fingerprint density at radius 2 is 2.07 bits per heavy atom. The number of rotatable bonds is 7. The first-order chi connectivity index (χ1) is 13.1. The van der Waals surface area contributed by atoms with E-state index in [0.717, 1.165) is 5.70 Å². The van der Waals surface area contributed by atoms with Gasteiger partial charge in [0, 0.05) is 10.6 Å². The Bertz CT molecular complexity index is 978. The van der Waals surface area contributed by atoms with E-state index >= 15 is 0 Å². The van der Waals surface area contributed by atoms with Crippen molar-refractivity contribution < 1.29 is 8.97 Å². The van der Waals surface area contributed by atoms with Crippen molar-refractivity contribution in [2.24, 2.45) is 0 Å². The van der Waals surface area contributed by atoms with E-state index in [1.165, 1.54) is 0 Å². The maximum Gasteiger partial charge on any atom is 0.436 e. The zero-order chi connectivity index (χ0) is 19.2. The Kier molecular flexibility index (Phi) is 6.23. The van der Waals surface area contributed by atoms with Crippen LogP contribution in [0.5, 0.6) is 0 Å². The second kappa shape index (κ2) is 8.81. The third-order valence-electron chi connectivity index (χ3n) is 3.40. The molecule has 9 heteroatoms. The summed E-state index contributed by atoms with van der Waals surface area (Å²) in [6.45, 7) is 5.58. The predicted octanol–water partition coefficient (Wildman–Crippen LogP) is 3.89. The summed E-state index contributed by atoms with van der Waals surface area (Å²) < 4.78 is 19.6. The Morgan fingerprint density at radius 3 is 2.78 bits per heavy atom. The monoisotopic (exact) mass is 401 g/mol. The second-order valence-electron chi connectivity index (χ2n) is 5.35. The van der Waals surface area contributed by atoms with E-state index in [1.54, 1.807) is 47.3 Å². The second-order valence-corrected chi connectivity index (χ2v) is 7.12. The van der Waals surface area contributed by atoms with Gasteiger partial charge in [0.25, 0.3) is 5.89 Å². The zero-order valence-corrected chi connectivity index (χ0v) is 16.0. The molecule has 138 valence electrons. The van der Waals surface area contributed by atoms with E-state index in [9.17, 15) is 4.55 Å². The molecular formula is C18H16ClN5O2S. The highest BCUT2D eigenvalue weighted by Crippen LogP contribution is 2.23. The molecule has 0 aliphatic heterocycles. The number of nitrogens with zero attached hydrogens (tertiary/aromatic N) is 5. The Balaban J connectivity index is 1.73. The lowest BCUT2D eigenvalue weighted by Crippen LogP contribution is -2.06. The number of hydrogen-bond acceptors (Lipinski definition) is 6. The summed E-state index contributed by atoms with van der Waals surface area (Å²) in [7, 11) is 0. The van der Waals surface area contributed by atoms with Crippen molar-refractivity contribution in [1.29, 1.82) is 0 Å². The molecule has 0 bridgehead atoms. The fourth-order valence-corrected chi connectivity index (χ4v) is 3.15. The molecule has 3 aromatic rings. The summed E-state index contributed by atoms with van der Waals surface area (Å²) >= 11 is 4.33. The van der Waals surface area contributed by atoms with Crippen LogP contribution in [0, 0.1) is 0 Å². The first-order valence-corrected chi connectivity index (χ1v) is 9.65. The van der Waals surface area contributed by atoms with Crippen molar-refractivity contribution >= 4 is 28.5 Å². The van der Waals surface area contributed by atoms with Gasteiger partial charge >= 0.3 is 5.22 Å². The molecular weight excluding hydrogens is 386 g/mol. The van der Waals surface area contributed by atoms with Crippen LogP contribution in [0.2, 0.25) is 5.02 Å². The maximum absolute atomic E-state index is 12.5. The molecule has 0 amide bonds. The standard InChI is InChI=1S/C18H16ClN5O2S/c1-3-5-16(6-4-2)24-11-15(20-23-24)12-27(25)18-22-21-17(26-18)13-7-9-14(19)10-8-13/h3-11H,1,12H2,2H3/b6-4-,16-5+. The molecule has 0 N–H and O–H groups in total. The SMILES string of the molecule is C=C/C=C(\C=C/C)n1cc(C[S+]([O-])c2nnc(-c3ccc(Cl)cc3)o2)nn1. The molecule has 2 heterocycles. The molecule has 0 fully saturated rings. The van der Waals surface area contributed by atoms with Gasteiger partial charge in [-0.25, -0.2) is 4.68 Å². The van der Waals surface area contributed by atoms with E-state index in [0.29, 0.717) is 16.3 Å². The van der Waals surface area contributed by atoms with Crippen molar-refractivity contribution in [3.05, 3.63) is 72.1 Å². The fourth-order valence-electron chi connectivity index (χ4n) is 2.20. The molecule has 0 saturated carbocycles. The van der Waals surface area contributed by atoms with E-state index in [-0.39, 0.29) is 16.9 Å². The smallest absolute Gasteiger partial charge is 0.436 e. The minimum absolute atomic E-state index is 0.0322. The van der Waals surface area contributed by atoms with Crippen molar-refractivity contribution in [3.8, 4) is 11.5 Å². The Hall–Kier alpha value is -2.68. The van der Waals surface area contributed by atoms with Gasteiger partial charge in [-0.05, 0) is 43.3 Å². The van der Waals surface area contributed by atoms with Gasteiger partial charge in [-0.2, -0.15) is 0 Å². The average Bonchev–Trinajstić information content (AvgIpc) is 3.32. The van der Waals surface area contributed by atoms with Gasteiger partial charge in [0.1, 0.15) is 5.69 Å². The Morgan fingerprint density at radius 1 is 1.30 bits per heavy atom. The van der Waals surface area contributed by atoms with Gasteiger partial charge in [-0.1, -0.05) is 40.6 Å². The third-order valence-corrected chi connectivity index (χ3v) is 4.77. The maximum atomic E-state index is 12.5. The predicted molar refractivity (Wildman–Crippen MR) is 104 cm³/mol. The molecule has 0 aliphatic rings.